The third-order valence-electron chi connectivity index (χ3n) is 1.72. The van der Waals surface area contributed by atoms with Crippen molar-refractivity contribution in [1.82, 2.24) is 9.96 Å². The van der Waals surface area contributed by atoms with Crippen LogP contribution in [0.1, 0.15) is 13.8 Å². The van der Waals surface area contributed by atoms with Crippen molar-refractivity contribution in [1.29, 1.82) is 0 Å². The van der Waals surface area contributed by atoms with Gasteiger partial charge in [-0.3, -0.25) is 0 Å². The van der Waals surface area contributed by atoms with Crippen molar-refractivity contribution in [3.05, 3.63) is 0 Å². The molecule has 0 aromatic heterocycles. The maximum absolute atomic E-state index is 9.08. The molecule has 1 unspecified atom stereocenters. The average molecular weight is 146 g/mol. The molecule has 0 fully saturated rings. The molecule has 3 heteroatoms. The van der Waals surface area contributed by atoms with Crippen molar-refractivity contribution in [2.75, 3.05) is 27.2 Å². The molecule has 0 aliphatic carbocycles. The first-order valence-corrected chi connectivity index (χ1v) is 3.68. The molecule has 62 valence electrons. The Morgan fingerprint density at radius 1 is 1.40 bits per heavy atom. The molecule has 0 aliphatic heterocycles. The standard InChI is InChI=1S/C7H18N2O/c1-5-9(10)6-7(2)8(3)4/h7,10H,5-6H2,1-4H3. The van der Waals surface area contributed by atoms with Crippen molar-refractivity contribution < 1.29 is 5.21 Å². The quantitative estimate of drug-likeness (QED) is 0.590. The zero-order valence-electron chi connectivity index (χ0n) is 7.33. The lowest BCUT2D eigenvalue weighted by Crippen LogP contribution is -2.36. The zero-order valence-corrected chi connectivity index (χ0v) is 7.33. The van der Waals surface area contributed by atoms with Crippen LogP contribution in [0.5, 0.6) is 0 Å². The number of hydrogen-bond donors (Lipinski definition) is 1. The summed E-state index contributed by atoms with van der Waals surface area (Å²) in [7, 11) is 4.02. The summed E-state index contributed by atoms with van der Waals surface area (Å²) in [6.07, 6.45) is 0. The van der Waals surface area contributed by atoms with Gasteiger partial charge < -0.3 is 10.1 Å². The van der Waals surface area contributed by atoms with Crippen LogP contribution in [-0.2, 0) is 0 Å². The monoisotopic (exact) mass is 146 g/mol. The van der Waals surface area contributed by atoms with Gasteiger partial charge in [-0.2, -0.15) is 5.06 Å². The molecule has 0 saturated carbocycles. The highest BCUT2D eigenvalue weighted by Crippen LogP contribution is 1.93. The third-order valence-corrected chi connectivity index (χ3v) is 1.72. The fourth-order valence-corrected chi connectivity index (χ4v) is 0.597. The summed E-state index contributed by atoms with van der Waals surface area (Å²) in [6, 6.07) is 0.407. The Morgan fingerprint density at radius 3 is 2.20 bits per heavy atom. The summed E-state index contributed by atoms with van der Waals surface area (Å²) in [5.74, 6) is 0. The molecule has 3 nitrogen and oxygen atoms in total. The third kappa shape index (κ3) is 3.82. The molecular weight excluding hydrogens is 128 g/mol. The van der Waals surface area contributed by atoms with E-state index in [1.165, 1.54) is 5.06 Å². The topological polar surface area (TPSA) is 26.7 Å². The second kappa shape index (κ2) is 4.66. The minimum absolute atomic E-state index is 0.407. The van der Waals surface area contributed by atoms with Gasteiger partial charge in [0.2, 0.25) is 0 Å². The van der Waals surface area contributed by atoms with Crippen LogP contribution in [-0.4, -0.2) is 48.4 Å². The molecule has 0 radical (unpaired) electrons. The molecule has 0 saturated heterocycles. The zero-order chi connectivity index (χ0) is 8.15. The average Bonchev–Trinajstić information content (AvgIpc) is 1.87. The van der Waals surface area contributed by atoms with E-state index in [1.54, 1.807) is 0 Å². The van der Waals surface area contributed by atoms with Crippen molar-refractivity contribution in [2.24, 2.45) is 0 Å². The number of hydrogen-bond acceptors (Lipinski definition) is 3. The van der Waals surface area contributed by atoms with Gasteiger partial charge in [0.1, 0.15) is 0 Å². The van der Waals surface area contributed by atoms with Gasteiger partial charge in [0, 0.05) is 19.1 Å². The van der Waals surface area contributed by atoms with Crippen LogP contribution in [0.2, 0.25) is 0 Å². The largest absolute Gasteiger partial charge is 0.314 e. The van der Waals surface area contributed by atoms with Gasteiger partial charge in [-0.1, -0.05) is 6.92 Å². The minimum Gasteiger partial charge on any atom is -0.314 e. The molecule has 0 bridgehead atoms. The summed E-state index contributed by atoms with van der Waals surface area (Å²) in [6.45, 7) is 5.42. The van der Waals surface area contributed by atoms with E-state index in [2.05, 4.69) is 11.8 Å². The van der Waals surface area contributed by atoms with Gasteiger partial charge >= 0.3 is 0 Å². The van der Waals surface area contributed by atoms with Crippen LogP contribution in [0.3, 0.4) is 0 Å². The van der Waals surface area contributed by atoms with Crippen LogP contribution in [0.15, 0.2) is 0 Å². The van der Waals surface area contributed by atoms with E-state index < -0.39 is 0 Å². The van der Waals surface area contributed by atoms with E-state index in [-0.39, 0.29) is 0 Å². The number of hydroxylamine groups is 2. The summed E-state index contributed by atoms with van der Waals surface area (Å²) in [5, 5.41) is 10.4. The van der Waals surface area contributed by atoms with E-state index in [0.717, 1.165) is 0 Å². The lowest BCUT2D eigenvalue weighted by molar-refractivity contribution is -0.0971. The number of nitrogens with zero attached hydrogens (tertiary/aromatic N) is 2. The minimum atomic E-state index is 0.407. The second-order valence-corrected chi connectivity index (χ2v) is 2.82. The molecule has 10 heavy (non-hydrogen) atoms. The highest BCUT2D eigenvalue weighted by atomic mass is 16.5. The summed E-state index contributed by atoms with van der Waals surface area (Å²) < 4.78 is 0. The van der Waals surface area contributed by atoms with E-state index in [1.807, 2.05) is 21.0 Å². The molecule has 1 atom stereocenters. The van der Waals surface area contributed by atoms with E-state index in [0.29, 0.717) is 19.1 Å². The van der Waals surface area contributed by atoms with Crippen LogP contribution in [0.4, 0.5) is 0 Å². The Labute approximate surface area is 63.2 Å². The van der Waals surface area contributed by atoms with E-state index in [9.17, 15) is 0 Å². The van der Waals surface area contributed by atoms with Gasteiger partial charge in [-0.25, -0.2) is 0 Å². The summed E-state index contributed by atoms with van der Waals surface area (Å²) in [4.78, 5) is 2.08. The molecule has 0 spiro atoms. The maximum Gasteiger partial charge on any atom is 0.0391 e. The first-order valence-electron chi connectivity index (χ1n) is 3.68. The van der Waals surface area contributed by atoms with Gasteiger partial charge in [0.05, 0.1) is 0 Å². The lowest BCUT2D eigenvalue weighted by atomic mass is 10.3. The van der Waals surface area contributed by atoms with Gasteiger partial charge in [-0.05, 0) is 21.0 Å². The van der Waals surface area contributed by atoms with Crippen molar-refractivity contribution in [3.8, 4) is 0 Å². The van der Waals surface area contributed by atoms with Gasteiger partial charge in [0.15, 0.2) is 0 Å². The predicted molar refractivity (Wildman–Crippen MR) is 42.2 cm³/mol. The van der Waals surface area contributed by atoms with Crippen LogP contribution in [0.25, 0.3) is 0 Å². The predicted octanol–water partition coefficient (Wildman–Crippen LogP) is 0.648. The van der Waals surface area contributed by atoms with E-state index in [4.69, 9.17) is 5.21 Å². The van der Waals surface area contributed by atoms with E-state index >= 15 is 0 Å². The number of likely N-dealkylation sites (N-methyl/N-ethyl adjacent to an activating group) is 2. The normalized spacial score (nSPS) is 14.7. The lowest BCUT2D eigenvalue weighted by Gasteiger charge is -2.23. The SMILES string of the molecule is CCN(O)CC(C)N(C)C. The van der Waals surface area contributed by atoms with Gasteiger partial charge in [-0.15, -0.1) is 0 Å². The van der Waals surface area contributed by atoms with Crippen LogP contribution >= 0.6 is 0 Å². The molecule has 0 aromatic carbocycles. The maximum atomic E-state index is 9.08. The van der Waals surface area contributed by atoms with Crippen LogP contribution in [0, 0.1) is 0 Å². The molecular formula is C7H18N2O. The number of rotatable bonds is 4. The highest BCUT2D eigenvalue weighted by molar-refractivity contribution is 4.60. The summed E-state index contributed by atoms with van der Waals surface area (Å²) in [5.41, 5.74) is 0. The molecule has 0 heterocycles. The van der Waals surface area contributed by atoms with Gasteiger partial charge in [0.25, 0.3) is 0 Å². The fraction of sp³-hybridized carbons (Fsp3) is 1.00. The second-order valence-electron chi connectivity index (χ2n) is 2.82. The summed E-state index contributed by atoms with van der Waals surface area (Å²) >= 11 is 0. The Morgan fingerprint density at radius 2 is 1.90 bits per heavy atom. The highest BCUT2D eigenvalue weighted by Gasteiger charge is 2.06. The van der Waals surface area contributed by atoms with Crippen molar-refractivity contribution >= 4 is 0 Å². The first kappa shape index (κ1) is 9.88. The van der Waals surface area contributed by atoms with Crippen LogP contribution < -0.4 is 0 Å². The Balaban J connectivity index is 3.46. The molecule has 1 N–H and O–H groups in total. The Bertz CT molecular complexity index is 85.7. The Kier molecular flexibility index (Phi) is 4.60. The molecule has 0 aliphatic rings. The van der Waals surface area contributed by atoms with Crippen molar-refractivity contribution in [3.63, 3.8) is 0 Å². The smallest absolute Gasteiger partial charge is 0.0391 e. The molecule has 0 rings (SSSR count). The Hall–Kier alpha value is -0.120. The molecule has 0 amide bonds. The fourth-order valence-electron chi connectivity index (χ4n) is 0.597. The molecule has 0 aromatic rings. The van der Waals surface area contributed by atoms with Crippen molar-refractivity contribution in [2.45, 2.75) is 19.9 Å². The first-order chi connectivity index (χ1) is 4.57.